The van der Waals surface area contributed by atoms with Gasteiger partial charge in [-0.15, -0.1) is 0 Å². The van der Waals surface area contributed by atoms with Crippen LogP contribution in [0.1, 0.15) is 19.8 Å². The number of rotatable bonds is 6. The molecule has 0 aromatic heterocycles. The summed E-state index contributed by atoms with van der Waals surface area (Å²) < 4.78 is 18.3. The fraction of sp³-hybridized carbons (Fsp3) is 0.462. The summed E-state index contributed by atoms with van der Waals surface area (Å²) in [5.74, 6) is -0.167. The van der Waals surface area contributed by atoms with Crippen LogP contribution in [0.2, 0.25) is 0 Å². The van der Waals surface area contributed by atoms with Gasteiger partial charge in [-0.05, 0) is 31.9 Å². The van der Waals surface area contributed by atoms with Crippen molar-refractivity contribution >= 4 is 11.6 Å². The number of carbonyl (C=O) groups excluding carboxylic acids is 1. The Morgan fingerprint density at radius 3 is 2.94 bits per heavy atom. The van der Waals surface area contributed by atoms with Crippen LogP contribution in [0.5, 0.6) is 5.75 Å². The van der Waals surface area contributed by atoms with E-state index in [9.17, 15) is 9.18 Å². The zero-order valence-corrected chi connectivity index (χ0v) is 10.3. The van der Waals surface area contributed by atoms with Gasteiger partial charge in [0.15, 0.2) is 0 Å². The highest BCUT2D eigenvalue weighted by molar-refractivity contribution is 5.93. The summed E-state index contributed by atoms with van der Waals surface area (Å²) in [7, 11) is 0. The lowest BCUT2D eigenvalue weighted by molar-refractivity contribution is -0.115. The second-order valence-electron chi connectivity index (χ2n) is 4.28. The average Bonchev–Trinajstić information content (AvgIpc) is 3.14. The minimum atomic E-state index is -0.382. The zero-order valence-electron chi connectivity index (χ0n) is 10.3. The van der Waals surface area contributed by atoms with Gasteiger partial charge in [-0.25, -0.2) is 4.39 Å². The van der Waals surface area contributed by atoms with Gasteiger partial charge in [-0.2, -0.15) is 0 Å². The molecule has 98 valence electrons. The van der Waals surface area contributed by atoms with E-state index in [0.29, 0.717) is 24.1 Å². The van der Waals surface area contributed by atoms with E-state index >= 15 is 0 Å². The Bertz CT molecular complexity index is 433. The molecule has 18 heavy (non-hydrogen) atoms. The molecule has 1 aromatic rings. The largest absolute Gasteiger partial charge is 0.492 e. The number of ether oxygens (including phenoxy) is 1. The number of nitrogens with one attached hydrogen (secondary N) is 2. The van der Waals surface area contributed by atoms with Gasteiger partial charge in [0.1, 0.15) is 11.6 Å². The first kappa shape index (κ1) is 12.8. The van der Waals surface area contributed by atoms with E-state index in [-0.39, 0.29) is 18.3 Å². The van der Waals surface area contributed by atoms with Crippen LogP contribution in [-0.2, 0) is 4.79 Å². The van der Waals surface area contributed by atoms with E-state index in [2.05, 4.69) is 10.6 Å². The molecule has 0 heterocycles. The van der Waals surface area contributed by atoms with Crippen molar-refractivity contribution in [3.05, 3.63) is 24.0 Å². The molecule has 0 bridgehead atoms. The summed E-state index contributed by atoms with van der Waals surface area (Å²) in [5, 5.41) is 5.83. The topological polar surface area (TPSA) is 50.4 Å². The van der Waals surface area contributed by atoms with E-state index < -0.39 is 0 Å². The van der Waals surface area contributed by atoms with E-state index in [1.807, 2.05) is 6.92 Å². The first-order valence-corrected chi connectivity index (χ1v) is 6.14. The zero-order chi connectivity index (χ0) is 13.0. The molecule has 1 aliphatic carbocycles. The molecular weight excluding hydrogens is 235 g/mol. The van der Waals surface area contributed by atoms with Gasteiger partial charge in [0, 0.05) is 12.1 Å². The summed E-state index contributed by atoms with van der Waals surface area (Å²) in [6, 6.07) is 4.56. The van der Waals surface area contributed by atoms with Gasteiger partial charge in [0.2, 0.25) is 5.91 Å². The molecule has 2 rings (SSSR count). The van der Waals surface area contributed by atoms with Crippen LogP contribution in [0.15, 0.2) is 18.2 Å². The van der Waals surface area contributed by atoms with E-state index in [1.165, 1.54) is 18.2 Å². The maximum absolute atomic E-state index is 13.1. The van der Waals surface area contributed by atoms with Crippen LogP contribution in [0.4, 0.5) is 10.1 Å². The minimum absolute atomic E-state index is 0.144. The molecule has 0 atom stereocenters. The van der Waals surface area contributed by atoms with Crippen LogP contribution in [-0.4, -0.2) is 25.1 Å². The first-order chi connectivity index (χ1) is 8.69. The Kier molecular flexibility index (Phi) is 4.15. The molecule has 1 aromatic carbocycles. The van der Waals surface area contributed by atoms with Crippen LogP contribution in [0, 0.1) is 5.82 Å². The summed E-state index contributed by atoms with van der Waals surface area (Å²) in [4.78, 5) is 11.7. The maximum atomic E-state index is 13.1. The van der Waals surface area contributed by atoms with E-state index in [4.69, 9.17) is 4.74 Å². The number of anilines is 1. The molecule has 0 spiro atoms. The Hall–Kier alpha value is -1.62. The van der Waals surface area contributed by atoms with Crippen LogP contribution in [0.3, 0.4) is 0 Å². The number of hydrogen-bond acceptors (Lipinski definition) is 3. The van der Waals surface area contributed by atoms with Crippen molar-refractivity contribution in [1.29, 1.82) is 0 Å². The normalized spacial score (nSPS) is 14.3. The fourth-order valence-electron chi connectivity index (χ4n) is 1.59. The average molecular weight is 252 g/mol. The smallest absolute Gasteiger partial charge is 0.238 e. The Morgan fingerprint density at radius 2 is 2.28 bits per heavy atom. The highest BCUT2D eigenvalue weighted by Crippen LogP contribution is 2.25. The third kappa shape index (κ3) is 3.70. The summed E-state index contributed by atoms with van der Waals surface area (Å²) in [5.41, 5.74) is 0.501. The SMILES string of the molecule is CCOc1cc(F)ccc1NC(=O)CNC1CC1. The van der Waals surface area contributed by atoms with E-state index in [1.54, 1.807) is 0 Å². The fourth-order valence-corrected chi connectivity index (χ4v) is 1.59. The van der Waals surface area contributed by atoms with Crippen molar-refractivity contribution < 1.29 is 13.9 Å². The molecule has 2 N–H and O–H groups in total. The second kappa shape index (κ2) is 5.82. The summed E-state index contributed by atoms with van der Waals surface area (Å²) in [6.45, 7) is 2.51. The van der Waals surface area contributed by atoms with Crippen molar-refractivity contribution in [3.8, 4) is 5.75 Å². The molecule has 1 saturated carbocycles. The summed E-state index contributed by atoms with van der Waals surface area (Å²) in [6.07, 6.45) is 2.27. The lowest BCUT2D eigenvalue weighted by Crippen LogP contribution is -2.29. The molecule has 5 heteroatoms. The molecule has 4 nitrogen and oxygen atoms in total. The van der Waals surface area contributed by atoms with Gasteiger partial charge in [-0.1, -0.05) is 0 Å². The van der Waals surface area contributed by atoms with Crippen molar-refractivity contribution in [1.82, 2.24) is 5.32 Å². The molecular formula is C13H17FN2O2. The first-order valence-electron chi connectivity index (χ1n) is 6.14. The second-order valence-corrected chi connectivity index (χ2v) is 4.28. The highest BCUT2D eigenvalue weighted by atomic mass is 19.1. The third-order valence-electron chi connectivity index (χ3n) is 2.65. The van der Waals surface area contributed by atoms with Crippen molar-refractivity contribution in [2.75, 3.05) is 18.5 Å². The number of benzene rings is 1. The predicted octanol–water partition coefficient (Wildman–Crippen LogP) is 1.91. The molecule has 0 aliphatic heterocycles. The third-order valence-corrected chi connectivity index (χ3v) is 2.65. The van der Waals surface area contributed by atoms with Crippen molar-refractivity contribution in [3.63, 3.8) is 0 Å². The Labute approximate surface area is 106 Å². The highest BCUT2D eigenvalue weighted by Gasteiger charge is 2.21. The standard InChI is InChI=1S/C13H17FN2O2/c1-2-18-12-7-9(14)3-6-11(12)16-13(17)8-15-10-4-5-10/h3,6-7,10,15H,2,4-5,8H2,1H3,(H,16,17). The molecule has 0 radical (unpaired) electrons. The number of hydrogen-bond donors (Lipinski definition) is 2. The lowest BCUT2D eigenvalue weighted by Gasteiger charge is -2.11. The molecule has 1 fully saturated rings. The van der Waals surface area contributed by atoms with Crippen molar-refractivity contribution in [2.24, 2.45) is 0 Å². The van der Waals surface area contributed by atoms with Gasteiger partial charge in [0.25, 0.3) is 0 Å². The molecule has 1 aliphatic rings. The number of halogens is 1. The minimum Gasteiger partial charge on any atom is -0.492 e. The van der Waals surface area contributed by atoms with Crippen LogP contribution in [0.25, 0.3) is 0 Å². The van der Waals surface area contributed by atoms with E-state index in [0.717, 1.165) is 12.8 Å². The van der Waals surface area contributed by atoms with Gasteiger partial charge in [0.05, 0.1) is 18.8 Å². The predicted molar refractivity (Wildman–Crippen MR) is 67.2 cm³/mol. The molecule has 0 unspecified atom stereocenters. The lowest BCUT2D eigenvalue weighted by atomic mass is 10.2. The monoisotopic (exact) mass is 252 g/mol. The molecule has 1 amide bonds. The quantitative estimate of drug-likeness (QED) is 0.813. The van der Waals surface area contributed by atoms with Crippen molar-refractivity contribution in [2.45, 2.75) is 25.8 Å². The number of amides is 1. The van der Waals surface area contributed by atoms with Crippen LogP contribution < -0.4 is 15.4 Å². The van der Waals surface area contributed by atoms with Gasteiger partial charge >= 0.3 is 0 Å². The maximum Gasteiger partial charge on any atom is 0.238 e. The van der Waals surface area contributed by atoms with Gasteiger partial charge < -0.3 is 15.4 Å². The van der Waals surface area contributed by atoms with Gasteiger partial charge in [-0.3, -0.25) is 4.79 Å². The molecule has 0 saturated heterocycles. The Morgan fingerprint density at radius 1 is 1.50 bits per heavy atom. The summed E-state index contributed by atoms with van der Waals surface area (Å²) >= 11 is 0. The number of carbonyl (C=O) groups is 1. The van der Waals surface area contributed by atoms with Crippen LogP contribution >= 0.6 is 0 Å². The Balaban J connectivity index is 1.95.